The van der Waals surface area contributed by atoms with E-state index in [0.717, 1.165) is 16.5 Å². The van der Waals surface area contributed by atoms with Gasteiger partial charge in [-0.2, -0.15) is 0 Å². The van der Waals surface area contributed by atoms with Crippen molar-refractivity contribution in [3.63, 3.8) is 0 Å². The molecule has 11 heteroatoms. The number of benzene rings is 1. The van der Waals surface area contributed by atoms with Crippen LogP contribution in [-0.2, 0) is 21.4 Å². The molecule has 0 aliphatic carbocycles. The summed E-state index contributed by atoms with van der Waals surface area (Å²) in [6, 6.07) is 5.45. The van der Waals surface area contributed by atoms with Crippen molar-refractivity contribution in [2.45, 2.75) is 6.54 Å². The number of sulfonamides is 1. The lowest BCUT2D eigenvalue weighted by Gasteiger charge is -2.04. The molecule has 3 rings (SSSR count). The van der Waals surface area contributed by atoms with Crippen molar-refractivity contribution in [1.29, 1.82) is 0 Å². The Labute approximate surface area is 135 Å². The number of nitrogens with one attached hydrogen (secondary N) is 2. The normalized spacial score (nSPS) is 11.5. The fourth-order valence-corrected chi connectivity index (χ4v) is 3.03. The molecule has 120 valence electrons. The fraction of sp³-hybridized carbons (Fsp3) is 0.167. The summed E-state index contributed by atoms with van der Waals surface area (Å²) in [6.07, 6.45) is 2.34. The summed E-state index contributed by atoms with van der Waals surface area (Å²) in [5, 5.41) is 10.0. The first-order valence-electron chi connectivity index (χ1n) is 6.40. The largest absolute Gasteiger partial charge is 0.324 e. The van der Waals surface area contributed by atoms with E-state index in [2.05, 4.69) is 25.3 Å². The first-order valence-corrected chi connectivity index (χ1v) is 9.17. The third-order valence-corrected chi connectivity index (χ3v) is 4.14. The quantitative estimate of drug-likeness (QED) is 0.704. The molecular formula is C12H12N6O3S2. The maximum absolute atomic E-state index is 12.0. The van der Waals surface area contributed by atoms with E-state index in [1.807, 2.05) is 6.07 Å². The SMILES string of the molecule is CS(=O)(=O)Nc1cn(CC(=O)Nc2ccc3scnc3c2)nn1. The Morgan fingerprint density at radius 3 is 3.00 bits per heavy atom. The molecule has 3 aromatic rings. The third-order valence-electron chi connectivity index (χ3n) is 2.75. The monoisotopic (exact) mass is 352 g/mol. The highest BCUT2D eigenvalue weighted by Gasteiger charge is 2.09. The van der Waals surface area contributed by atoms with E-state index in [-0.39, 0.29) is 18.3 Å². The summed E-state index contributed by atoms with van der Waals surface area (Å²) in [5.74, 6) is -0.250. The van der Waals surface area contributed by atoms with Gasteiger partial charge in [-0.15, -0.1) is 16.4 Å². The molecule has 0 unspecified atom stereocenters. The number of anilines is 2. The Morgan fingerprint density at radius 2 is 2.22 bits per heavy atom. The Morgan fingerprint density at radius 1 is 1.39 bits per heavy atom. The van der Waals surface area contributed by atoms with E-state index in [0.29, 0.717) is 5.69 Å². The molecular weight excluding hydrogens is 340 g/mol. The van der Waals surface area contributed by atoms with Crippen LogP contribution < -0.4 is 10.0 Å². The number of rotatable bonds is 5. The summed E-state index contributed by atoms with van der Waals surface area (Å²) in [4.78, 5) is 16.2. The zero-order valence-corrected chi connectivity index (χ0v) is 13.6. The van der Waals surface area contributed by atoms with Crippen LogP contribution in [0.25, 0.3) is 10.2 Å². The molecule has 9 nitrogen and oxygen atoms in total. The van der Waals surface area contributed by atoms with E-state index in [1.54, 1.807) is 17.6 Å². The van der Waals surface area contributed by atoms with Crippen LogP contribution in [0.3, 0.4) is 0 Å². The lowest BCUT2D eigenvalue weighted by atomic mass is 10.3. The summed E-state index contributed by atoms with van der Waals surface area (Å²) in [6.45, 7) is -0.0897. The van der Waals surface area contributed by atoms with Crippen molar-refractivity contribution in [3.05, 3.63) is 29.9 Å². The van der Waals surface area contributed by atoms with Crippen LogP contribution in [0.1, 0.15) is 0 Å². The molecule has 2 aromatic heterocycles. The molecule has 23 heavy (non-hydrogen) atoms. The van der Waals surface area contributed by atoms with Gasteiger partial charge in [0.2, 0.25) is 15.9 Å². The van der Waals surface area contributed by atoms with Crippen LogP contribution in [0.15, 0.2) is 29.9 Å². The topological polar surface area (TPSA) is 119 Å². The average Bonchev–Trinajstić information content (AvgIpc) is 3.05. The van der Waals surface area contributed by atoms with Crippen LogP contribution in [0, 0.1) is 0 Å². The zero-order chi connectivity index (χ0) is 16.4. The second-order valence-corrected chi connectivity index (χ2v) is 7.39. The van der Waals surface area contributed by atoms with Crippen molar-refractivity contribution in [1.82, 2.24) is 20.0 Å². The third kappa shape index (κ3) is 4.02. The summed E-state index contributed by atoms with van der Waals surface area (Å²) in [5.41, 5.74) is 3.18. The van der Waals surface area contributed by atoms with Gasteiger partial charge in [-0.3, -0.25) is 9.52 Å². The number of amides is 1. The lowest BCUT2D eigenvalue weighted by Crippen LogP contribution is -2.19. The predicted molar refractivity (Wildman–Crippen MR) is 86.7 cm³/mol. The van der Waals surface area contributed by atoms with Crippen molar-refractivity contribution in [3.8, 4) is 0 Å². The number of thiazole rings is 1. The van der Waals surface area contributed by atoms with Crippen molar-refractivity contribution in [2.75, 3.05) is 16.3 Å². The van der Waals surface area contributed by atoms with E-state index < -0.39 is 10.0 Å². The van der Waals surface area contributed by atoms with Gasteiger partial charge in [-0.1, -0.05) is 5.21 Å². The van der Waals surface area contributed by atoms with E-state index >= 15 is 0 Å². The minimum Gasteiger partial charge on any atom is -0.324 e. The van der Waals surface area contributed by atoms with Crippen LogP contribution in [-0.4, -0.2) is 40.6 Å². The molecule has 0 aliphatic rings. The highest BCUT2D eigenvalue weighted by Crippen LogP contribution is 2.21. The van der Waals surface area contributed by atoms with Gasteiger partial charge in [0.05, 0.1) is 28.2 Å². The Hall–Kier alpha value is -2.53. The highest BCUT2D eigenvalue weighted by atomic mass is 32.2. The van der Waals surface area contributed by atoms with E-state index in [9.17, 15) is 13.2 Å². The first kappa shape index (κ1) is 15.4. The maximum Gasteiger partial charge on any atom is 0.246 e. The number of carbonyl (C=O) groups is 1. The molecule has 0 bridgehead atoms. The van der Waals surface area contributed by atoms with Gasteiger partial charge in [0.25, 0.3) is 0 Å². The fourth-order valence-electron chi connectivity index (χ4n) is 1.90. The standard InChI is InChI=1S/C12H12N6O3S2/c1-23(20,21)16-11-5-18(17-15-11)6-12(19)14-8-2-3-10-9(4-8)13-7-22-10/h2-5,7,16H,6H2,1H3,(H,14,19). The molecule has 1 amide bonds. The Kier molecular flexibility index (Phi) is 3.96. The minimum atomic E-state index is -3.43. The van der Waals surface area contributed by atoms with Crippen LogP contribution in [0.2, 0.25) is 0 Å². The van der Waals surface area contributed by atoms with Crippen LogP contribution in [0.5, 0.6) is 0 Å². The average molecular weight is 352 g/mol. The molecule has 0 fully saturated rings. The lowest BCUT2D eigenvalue weighted by molar-refractivity contribution is -0.116. The van der Waals surface area contributed by atoms with Crippen LogP contribution in [0.4, 0.5) is 11.5 Å². The second-order valence-electron chi connectivity index (χ2n) is 4.76. The second kappa shape index (κ2) is 5.93. The van der Waals surface area contributed by atoms with Crippen molar-refractivity contribution >= 4 is 49.0 Å². The van der Waals surface area contributed by atoms with E-state index in [4.69, 9.17) is 0 Å². The van der Waals surface area contributed by atoms with Crippen LogP contribution >= 0.6 is 11.3 Å². The van der Waals surface area contributed by atoms with Gasteiger partial charge in [0.1, 0.15) is 6.54 Å². The number of nitrogens with zero attached hydrogens (tertiary/aromatic N) is 4. The molecule has 0 saturated heterocycles. The summed E-state index contributed by atoms with van der Waals surface area (Å²) in [7, 11) is -3.43. The van der Waals surface area contributed by atoms with Gasteiger partial charge < -0.3 is 5.32 Å². The van der Waals surface area contributed by atoms with E-state index in [1.165, 1.54) is 22.2 Å². The maximum atomic E-state index is 12.0. The number of carbonyl (C=O) groups excluding carboxylic acids is 1. The smallest absolute Gasteiger partial charge is 0.246 e. The van der Waals surface area contributed by atoms with Crippen molar-refractivity contribution in [2.24, 2.45) is 0 Å². The molecule has 0 spiro atoms. The van der Waals surface area contributed by atoms with Gasteiger partial charge in [-0.25, -0.2) is 18.1 Å². The molecule has 2 heterocycles. The molecule has 1 aromatic carbocycles. The zero-order valence-electron chi connectivity index (χ0n) is 11.9. The molecule has 0 aliphatic heterocycles. The summed E-state index contributed by atoms with van der Waals surface area (Å²) >= 11 is 1.52. The molecule has 0 atom stereocenters. The van der Waals surface area contributed by atoms with Gasteiger partial charge in [0.15, 0.2) is 5.82 Å². The number of fused-ring (bicyclic) bond motifs is 1. The van der Waals surface area contributed by atoms with Crippen molar-refractivity contribution < 1.29 is 13.2 Å². The Balaban J connectivity index is 1.65. The molecule has 0 saturated carbocycles. The van der Waals surface area contributed by atoms with Gasteiger partial charge in [0, 0.05) is 5.69 Å². The van der Waals surface area contributed by atoms with Gasteiger partial charge in [-0.05, 0) is 18.2 Å². The first-order chi connectivity index (χ1) is 10.9. The highest BCUT2D eigenvalue weighted by molar-refractivity contribution is 7.92. The molecule has 2 N–H and O–H groups in total. The molecule has 0 radical (unpaired) electrons. The Bertz CT molecular complexity index is 962. The number of hydrogen-bond acceptors (Lipinski definition) is 7. The minimum absolute atomic E-state index is 0.0594. The number of aromatic nitrogens is 4. The van der Waals surface area contributed by atoms with Gasteiger partial charge >= 0.3 is 0 Å². The number of hydrogen-bond donors (Lipinski definition) is 2. The summed E-state index contributed by atoms with van der Waals surface area (Å²) < 4.78 is 26.6. The predicted octanol–water partition coefficient (Wildman–Crippen LogP) is 0.898.